The van der Waals surface area contributed by atoms with Gasteiger partial charge in [-0.2, -0.15) is 0 Å². The molecular weight excluding hydrogens is 392 g/mol. The van der Waals surface area contributed by atoms with Crippen LogP contribution in [0.1, 0.15) is 48.7 Å². The first-order chi connectivity index (χ1) is 14.4. The molecule has 2 atom stereocenters. The summed E-state index contributed by atoms with van der Waals surface area (Å²) in [4.78, 5) is 20.6. The highest BCUT2D eigenvalue weighted by molar-refractivity contribution is 6.32. The number of carbonyl (C=O) groups excluding carboxylic acids is 1. The van der Waals surface area contributed by atoms with Crippen molar-refractivity contribution in [2.45, 2.75) is 40.5 Å². The molecule has 1 aromatic heterocycles. The van der Waals surface area contributed by atoms with E-state index < -0.39 is 0 Å². The molecule has 0 spiro atoms. The molecule has 4 heteroatoms. The van der Waals surface area contributed by atoms with Crippen LogP contribution >= 0.6 is 11.6 Å². The lowest BCUT2D eigenvalue weighted by Crippen LogP contribution is -2.42. The van der Waals surface area contributed by atoms with Gasteiger partial charge in [0.2, 0.25) is 0 Å². The minimum atomic E-state index is 0.0916. The first kappa shape index (κ1) is 20.9. The number of rotatable bonds is 3. The van der Waals surface area contributed by atoms with E-state index in [0.717, 1.165) is 52.8 Å². The molecule has 3 nitrogen and oxygen atoms in total. The van der Waals surface area contributed by atoms with Crippen LogP contribution in [0.4, 0.5) is 0 Å². The summed E-state index contributed by atoms with van der Waals surface area (Å²) >= 11 is 6.41. The molecule has 0 radical (unpaired) electrons. The third-order valence-corrected chi connectivity index (χ3v) is 6.62. The average molecular weight is 421 g/mol. The van der Waals surface area contributed by atoms with Crippen LogP contribution in [0.15, 0.2) is 42.5 Å². The largest absolute Gasteiger partial charge is 0.338 e. The first-order valence-corrected chi connectivity index (χ1v) is 11.2. The Morgan fingerprint density at radius 3 is 2.40 bits per heavy atom. The Labute approximate surface area is 184 Å². The number of halogens is 1. The summed E-state index contributed by atoms with van der Waals surface area (Å²) in [6.07, 6.45) is 2.17. The van der Waals surface area contributed by atoms with Gasteiger partial charge in [-0.3, -0.25) is 4.79 Å². The molecule has 1 aliphatic rings. The lowest BCUT2D eigenvalue weighted by Gasteiger charge is -2.35. The Morgan fingerprint density at radius 1 is 1.10 bits per heavy atom. The summed E-state index contributed by atoms with van der Waals surface area (Å²) < 4.78 is 0. The maximum Gasteiger partial charge on any atom is 0.254 e. The van der Waals surface area contributed by atoms with Crippen molar-refractivity contribution in [2.24, 2.45) is 11.8 Å². The van der Waals surface area contributed by atoms with Gasteiger partial charge in [0.25, 0.3) is 5.91 Å². The van der Waals surface area contributed by atoms with Crippen molar-refractivity contribution in [1.29, 1.82) is 0 Å². The number of benzene rings is 2. The molecule has 156 valence electrons. The molecule has 2 unspecified atom stereocenters. The van der Waals surface area contributed by atoms with Crippen molar-refractivity contribution in [3.05, 3.63) is 64.2 Å². The van der Waals surface area contributed by atoms with Crippen LogP contribution in [0.2, 0.25) is 5.02 Å². The van der Waals surface area contributed by atoms with Gasteiger partial charge in [0.1, 0.15) is 0 Å². The highest BCUT2D eigenvalue weighted by atomic mass is 35.5. The lowest BCUT2D eigenvalue weighted by molar-refractivity contribution is 0.0625. The van der Waals surface area contributed by atoms with Crippen LogP contribution in [0.25, 0.3) is 22.2 Å². The van der Waals surface area contributed by atoms with Crippen molar-refractivity contribution in [3.63, 3.8) is 0 Å². The SMILES string of the molecule is CCc1ccc(-c2cc(C(=O)N3CC(C)CC(C)C3)c3ccc(Cl)c(C)c3n2)cc1. The topological polar surface area (TPSA) is 33.2 Å². The Bertz CT molecular complexity index is 1080. The Balaban J connectivity index is 1.86. The Kier molecular flexibility index (Phi) is 5.84. The van der Waals surface area contributed by atoms with Gasteiger partial charge < -0.3 is 4.90 Å². The predicted octanol–water partition coefficient (Wildman–Crippen LogP) is 6.54. The molecule has 2 heterocycles. The summed E-state index contributed by atoms with van der Waals surface area (Å²) in [6, 6.07) is 14.2. The van der Waals surface area contributed by atoms with E-state index in [2.05, 4.69) is 45.0 Å². The fourth-order valence-corrected chi connectivity index (χ4v) is 4.79. The first-order valence-electron chi connectivity index (χ1n) is 10.9. The van der Waals surface area contributed by atoms with E-state index in [0.29, 0.717) is 16.9 Å². The molecule has 0 bridgehead atoms. The summed E-state index contributed by atoms with van der Waals surface area (Å²) in [7, 11) is 0. The number of fused-ring (bicyclic) bond motifs is 1. The second-order valence-electron chi connectivity index (χ2n) is 8.83. The molecule has 0 saturated carbocycles. The maximum atomic E-state index is 13.7. The van der Waals surface area contributed by atoms with Gasteiger partial charge in [-0.1, -0.05) is 62.7 Å². The molecule has 2 aromatic carbocycles. The van der Waals surface area contributed by atoms with Crippen molar-refractivity contribution in [2.75, 3.05) is 13.1 Å². The van der Waals surface area contributed by atoms with E-state index in [-0.39, 0.29) is 5.91 Å². The highest BCUT2D eigenvalue weighted by Gasteiger charge is 2.28. The molecule has 3 aromatic rings. The van der Waals surface area contributed by atoms with E-state index in [4.69, 9.17) is 16.6 Å². The van der Waals surface area contributed by atoms with Gasteiger partial charge in [0.05, 0.1) is 16.8 Å². The van der Waals surface area contributed by atoms with Crippen LogP contribution < -0.4 is 0 Å². The zero-order valence-corrected chi connectivity index (χ0v) is 19.0. The third kappa shape index (κ3) is 3.96. The van der Waals surface area contributed by atoms with E-state index >= 15 is 0 Å². The number of amides is 1. The van der Waals surface area contributed by atoms with Gasteiger partial charge in [-0.15, -0.1) is 0 Å². The van der Waals surface area contributed by atoms with Crippen LogP contribution in [0, 0.1) is 18.8 Å². The smallest absolute Gasteiger partial charge is 0.254 e. The highest BCUT2D eigenvalue weighted by Crippen LogP contribution is 2.32. The van der Waals surface area contributed by atoms with Gasteiger partial charge >= 0.3 is 0 Å². The van der Waals surface area contributed by atoms with Gasteiger partial charge in [0.15, 0.2) is 0 Å². The molecule has 30 heavy (non-hydrogen) atoms. The minimum absolute atomic E-state index is 0.0916. The second-order valence-corrected chi connectivity index (χ2v) is 9.24. The lowest BCUT2D eigenvalue weighted by atomic mass is 9.91. The molecular formula is C26H29ClN2O. The number of likely N-dealkylation sites (tertiary alicyclic amines) is 1. The molecule has 0 aliphatic carbocycles. The number of aryl methyl sites for hydroxylation is 2. The summed E-state index contributed by atoms with van der Waals surface area (Å²) in [5.74, 6) is 1.13. The van der Waals surface area contributed by atoms with Crippen LogP contribution in [-0.4, -0.2) is 28.9 Å². The van der Waals surface area contributed by atoms with Gasteiger partial charge in [-0.05, 0) is 54.9 Å². The normalized spacial score (nSPS) is 19.3. The van der Waals surface area contributed by atoms with Crippen LogP contribution in [0.5, 0.6) is 0 Å². The molecule has 1 saturated heterocycles. The molecule has 4 rings (SSSR count). The van der Waals surface area contributed by atoms with Crippen molar-refractivity contribution in [3.8, 4) is 11.3 Å². The summed E-state index contributed by atoms with van der Waals surface area (Å²) in [5, 5.41) is 1.55. The van der Waals surface area contributed by atoms with Gasteiger partial charge in [-0.25, -0.2) is 4.98 Å². The number of nitrogens with zero attached hydrogens (tertiary/aromatic N) is 2. The fourth-order valence-electron chi connectivity index (χ4n) is 4.64. The van der Waals surface area contributed by atoms with Crippen LogP contribution in [0.3, 0.4) is 0 Å². The Morgan fingerprint density at radius 2 is 1.77 bits per heavy atom. The summed E-state index contributed by atoms with van der Waals surface area (Å²) in [6.45, 7) is 10.2. The number of hydrogen-bond donors (Lipinski definition) is 0. The third-order valence-electron chi connectivity index (χ3n) is 6.21. The van der Waals surface area contributed by atoms with E-state index in [1.165, 1.54) is 12.0 Å². The number of pyridine rings is 1. The number of hydrogen-bond acceptors (Lipinski definition) is 2. The molecule has 1 aliphatic heterocycles. The zero-order chi connectivity index (χ0) is 21.4. The monoisotopic (exact) mass is 420 g/mol. The average Bonchev–Trinajstić information content (AvgIpc) is 2.74. The van der Waals surface area contributed by atoms with E-state index in [1.54, 1.807) is 0 Å². The Hall–Kier alpha value is -2.39. The van der Waals surface area contributed by atoms with Crippen molar-refractivity contribution >= 4 is 28.4 Å². The van der Waals surface area contributed by atoms with Gasteiger partial charge in [0, 0.05) is 29.1 Å². The van der Waals surface area contributed by atoms with Crippen molar-refractivity contribution < 1.29 is 4.79 Å². The summed E-state index contributed by atoms with van der Waals surface area (Å²) in [5.41, 5.74) is 5.55. The van der Waals surface area contributed by atoms with Crippen LogP contribution in [-0.2, 0) is 6.42 Å². The number of carbonyl (C=O) groups is 1. The van der Waals surface area contributed by atoms with E-state index in [9.17, 15) is 4.79 Å². The predicted molar refractivity (Wildman–Crippen MR) is 125 cm³/mol. The zero-order valence-electron chi connectivity index (χ0n) is 18.2. The second kappa shape index (κ2) is 8.39. The molecule has 1 amide bonds. The number of piperidine rings is 1. The van der Waals surface area contributed by atoms with Crippen molar-refractivity contribution in [1.82, 2.24) is 9.88 Å². The molecule has 0 N–H and O–H groups in total. The van der Waals surface area contributed by atoms with E-state index in [1.807, 2.05) is 30.0 Å². The minimum Gasteiger partial charge on any atom is -0.338 e. The molecule has 1 fully saturated rings. The fraction of sp³-hybridized carbons (Fsp3) is 0.385. The quantitative estimate of drug-likeness (QED) is 0.481. The standard InChI is InChI=1S/C26H29ClN2O/c1-5-19-6-8-20(9-7-19)24-13-22(21-10-11-23(27)18(4)25(21)28-24)26(30)29-14-16(2)12-17(3)15-29/h6-11,13,16-17H,5,12,14-15H2,1-4H3. The maximum absolute atomic E-state index is 13.7. The number of aromatic nitrogens is 1.